The van der Waals surface area contributed by atoms with E-state index in [9.17, 15) is 39.9 Å². The van der Waals surface area contributed by atoms with Crippen LogP contribution in [-0.2, 0) is 14.3 Å². The molecule has 1 aromatic heterocycles. The van der Waals surface area contributed by atoms with Crippen molar-refractivity contribution in [1.82, 2.24) is 0 Å². The second-order valence-electron chi connectivity index (χ2n) is 7.46. The number of fused-ring (bicyclic) bond motifs is 1. The van der Waals surface area contributed by atoms with E-state index < -0.39 is 36.2 Å². The first-order chi connectivity index (χ1) is 15.7. The number of hydrogen-bond acceptors (Lipinski definition) is 10. The fourth-order valence-corrected chi connectivity index (χ4v) is 3.51. The quantitative estimate of drug-likeness (QED) is 0.324. The number of carboxylic acid groups (broad SMARTS) is 1. The summed E-state index contributed by atoms with van der Waals surface area (Å²) in [7, 11) is 0. The standard InChI is InChI=1S/C22H18O11/c23-9-22(30)18(26)17(20(28)29)33-21(19(22)27)32-12-5-6-13-15(7-12)31-8-14(16(13)25)10-1-3-11(24)4-2-10/h1-9,17-19,21,24,26-27,30H,(H,28,29)/t17-,18+,19-,21+,22-/m0/s1. The van der Waals surface area contributed by atoms with Gasteiger partial charge in [0.2, 0.25) is 6.29 Å². The zero-order chi connectivity index (χ0) is 23.9. The minimum Gasteiger partial charge on any atom is -0.508 e. The lowest BCUT2D eigenvalue weighted by Crippen LogP contribution is -2.69. The molecule has 0 bridgehead atoms. The number of ether oxygens (including phenoxy) is 2. The van der Waals surface area contributed by atoms with Crippen LogP contribution in [-0.4, -0.2) is 68.0 Å². The third-order valence-corrected chi connectivity index (χ3v) is 5.38. The monoisotopic (exact) mass is 458 g/mol. The lowest BCUT2D eigenvalue weighted by molar-refractivity contribution is -0.293. The Morgan fingerprint density at radius 2 is 1.79 bits per heavy atom. The molecule has 33 heavy (non-hydrogen) atoms. The first kappa shape index (κ1) is 22.4. The van der Waals surface area contributed by atoms with Crippen LogP contribution in [0.25, 0.3) is 22.1 Å². The number of carbonyl (C=O) groups is 2. The fourth-order valence-electron chi connectivity index (χ4n) is 3.51. The van der Waals surface area contributed by atoms with Crippen LogP contribution in [0.15, 0.2) is 57.9 Å². The lowest BCUT2D eigenvalue weighted by Gasteiger charge is -2.43. The molecule has 11 heteroatoms. The van der Waals surface area contributed by atoms with Gasteiger partial charge in [0.1, 0.15) is 29.4 Å². The molecule has 1 aliphatic rings. The van der Waals surface area contributed by atoms with E-state index >= 15 is 0 Å². The van der Waals surface area contributed by atoms with E-state index in [2.05, 4.69) is 0 Å². The molecular formula is C22H18O11. The Hall–Kier alpha value is -3.77. The topological polar surface area (TPSA) is 184 Å². The molecule has 0 aliphatic carbocycles. The third-order valence-electron chi connectivity index (χ3n) is 5.38. The van der Waals surface area contributed by atoms with Crippen molar-refractivity contribution >= 4 is 23.2 Å². The van der Waals surface area contributed by atoms with Crippen molar-refractivity contribution in [2.24, 2.45) is 0 Å². The Bertz CT molecular complexity index is 1270. The summed E-state index contributed by atoms with van der Waals surface area (Å²) < 4.78 is 16.0. The molecule has 0 unspecified atom stereocenters. The number of aliphatic carboxylic acids is 1. The first-order valence-electron chi connectivity index (χ1n) is 9.60. The second-order valence-corrected chi connectivity index (χ2v) is 7.46. The van der Waals surface area contributed by atoms with E-state index in [1.807, 2.05) is 0 Å². The van der Waals surface area contributed by atoms with Crippen LogP contribution in [0.3, 0.4) is 0 Å². The summed E-state index contributed by atoms with van der Waals surface area (Å²) in [5, 5.41) is 49.3. The highest BCUT2D eigenvalue weighted by Crippen LogP contribution is 2.32. The Kier molecular flexibility index (Phi) is 5.64. The summed E-state index contributed by atoms with van der Waals surface area (Å²) in [6.45, 7) is 0. The Labute approximate surface area is 184 Å². The Balaban J connectivity index is 1.66. The number of aliphatic hydroxyl groups excluding tert-OH is 2. The number of phenolic OH excluding ortho intramolecular Hbond substituents is 1. The number of benzene rings is 2. The number of hydrogen-bond donors (Lipinski definition) is 5. The summed E-state index contributed by atoms with van der Waals surface area (Å²) in [4.78, 5) is 35.5. The summed E-state index contributed by atoms with van der Waals surface area (Å²) in [6.07, 6.45) is -7.23. The van der Waals surface area contributed by atoms with Crippen LogP contribution in [0.2, 0.25) is 0 Å². The maximum Gasteiger partial charge on any atom is 0.335 e. The van der Waals surface area contributed by atoms with Gasteiger partial charge in [-0.15, -0.1) is 0 Å². The zero-order valence-electron chi connectivity index (χ0n) is 16.7. The average Bonchev–Trinajstić information content (AvgIpc) is 2.80. The number of aliphatic hydroxyl groups is 3. The number of aldehydes is 1. The minimum atomic E-state index is -2.85. The van der Waals surface area contributed by atoms with Gasteiger partial charge in [0, 0.05) is 6.07 Å². The zero-order valence-corrected chi connectivity index (χ0v) is 16.7. The van der Waals surface area contributed by atoms with Gasteiger partial charge in [0.15, 0.2) is 29.5 Å². The highest BCUT2D eigenvalue weighted by Gasteiger charge is 2.58. The van der Waals surface area contributed by atoms with Gasteiger partial charge in [0.25, 0.3) is 0 Å². The number of carboxylic acids is 1. The van der Waals surface area contributed by atoms with Gasteiger partial charge in [-0.1, -0.05) is 12.1 Å². The molecule has 4 rings (SSSR count). The summed E-state index contributed by atoms with van der Waals surface area (Å²) in [6, 6.07) is 9.90. The van der Waals surface area contributed by atoms with Gasteiger partial charge in [-0.2, -0.15) is 0 Å². The molecule has 0 radical (unpaired) electrons. The largest absolute Gasteiger partial charge is 0.508 e. The molecule has 0 amide bonds. The molecule has 5 atom stereocenters. The summed E-state index contributed by atoms with van der Waals surface area (Å²) in [5.74, 6) is -1.69. The molecule has 1 saturated heterocycles. The van der Waals surface area contributed by atoms with Gasteiger partial charge in [-0.3, -0.25) is 9.59 Å². The summed E-state index contributed by atoms with van der Waals surface area (Å²) in [5.41, 5.74) is -2.36. The van der Waals surface area contributed by atoms with Crippen molar-refractivity contribution in [3.63, 3.8) is 0 Å². The number of carbonyl (C=O) groups excluding carboxylic acids is 1. The molecule has 5 N–H and O–H groups in total. The SMILES string of the molecule is O=C[C@]1(O)[C@H](O)[C@@H](C(=O)O)O[C@@H](Oc2ccc3c(=O)c(-c4ccc(O)cc4)coc3c2)[C@@H]1O. The van der Waals surface area contributed by atoms with Crippen molar-refractivity contribution in [3.8, 4) is 22.6 Å². The number of rotatable bonds is 5. The van der Waals surface area contributed by atoms with Crippen molar-refractivity contribution in [3.05, 3.63) is 59.0 Å². The van der Waals surface area contributed by atoms with Crippen molar-refractivity contribution in [2.45, 2.75) is 30.2 Å². The predicted molar refractivity (Wildman–Crippen MR) is 110 cm³/mol. The molecule has 2 heterocycles. The maximum atomic E-state index is 12.9. The third kappa shape index (κ3) is 3.83. The highest BCUT2D eigenvalue weighted by molar-refractivity contribution is 5.82. The van der Waals surface area contributed by atoms with Crippen LogP contribution in [0.5, 0.6) is 11.5 Å². The minimum absolute atomic E-state index is 0.0389. The smallest absolute Gasteiger partial charge is 0.335 e. The normalized spacial score (nSPS) is 27.2. The van der Waals surface area contributed by atoms with E-state index in [-0.39, 0.29) is 39.7 Å². The molecule has 0 spiro atoms. The van der Waals surface area contributed by atoms with E-state index in [0.717, 1.165) is 0 Å². The summed E-state index contributed by atoms with van der Waals surface area (Å²) >= 11 is 0. The number of phenols is 1. The second kappa shape index (κ2) is 8.30. The van der Waals surface area contributed by atoms with Gasteiger partial charge in [0.05, 0.1) is 10.9 Å². The Morgan fingerprint density at radius 1 is 1.09 bits per heavy atom. The van der Waals surface area contributed by atoms with Crippen molar-refractivity contribution in [1.29, 1.82) is 0 Å². The Morgan fingerprint density at radius 3 is 2.42 bits per heavy atom. The van der Waals surface area contributed by atoms with Crippen LogP contribution in [0.1, 0.15) is 0 Å². The molecule has 1 aliphatic heterocycles. The molecule has 1 fully saturated rings. The van der Waals surface area contributed by atoms with E-state index in [1.165, 1.54) is 36.6 Å². The maximum absolute atomic E-state index is 12.9. The lowest BCUT2D eigenvalue weighted by atomic mass is 9.85. The van der Waals surface area contributed by atoms with Crippen molar-refractivity contribution in [2.75, 3.05) is 0 Å². The van der Waals surface area contributed by atoms with Gasteiger partial charge < -0.3 is 39.4 Å². The first-order valence-corrected chi connectivity index (χ1v) is 9.60. The van der Waals surface area contributed by atoms with E-state index in [4.69, 9.17) is 13.9 Å². The molecule has 0 saturated carbocycles. The van der Waals surface area contributed by atoms with Crippen LogP contribution in [0.4, 0.5) is 0 Å². The predicted octanol–water partition coefficient (Wildman–Crippen LogP) is 0.00570. The fraction of sp³-hybridized carbons (Fsp3) is 0.227. The van der Waals surface area contributed by atoms with Gasteiger partial charge in [-0.25, -0.2) is 4.79 Å². The van der Waals surface area contributed by atoms with Gasteiger partial charge >= 0.3 is 5.97 Å². The van der Waals surface area contributed by atoms with Crippen LogP contribution >= 0.6 is 0 Å². The molecule has 2 aromatic carbocycles. The van der Waals surface area contributed by atoms with Crippen molar-refractivity contribution < 1.29 is 49.0 Å². The van der Waals surface area contributed by atoms with E-state index in [0.29, 0.717) is 5.56 Å². The van der Waals surface area contributed by atoms with Crippen LogP contribution in [0, 0.1) is 0 Å². The number of aromatic hydroxyl groups is 1. The molecular weight excluding hydrogens is 440 g/mol. The molecule has 11 nitrogen and oxygen atoms in total. The molecule has 3 aromatic rings. The molecule has 172 valence electrons. The highest BCUT2D eigenvalue weighted by atomic mass is 16.7. The van der Waals surface area contributed by atoms with Crippen LogP contribution < -0.4 is 10.2 Å². The average molecular weight is 458 g/mol. The van der Waals surface area contributed by atoms with E-state index in [1.54, 1.807) is 12.1 Å². The van der Waals surface area contributed by atoms with Gasteiger partial charge in [-0.05, 0) is 29.8 Å².